The molecule has 1 aliphatic heterocycles. The first-order valence-corrected chi connectivity index (χ1v) is 9.47. The number of carbonyl (C=O) groups excluding carboxylic acids is 2. The van der Waals surface area contributed by atoms with Crippen molar-refractivity contribution >= 4 is 35.1 Å². The van der Waals surface area contributed by atoms with Crippen molar-refractivity contribution < 1.29 is 14.3 Å². The molecule has 0 spiro atoms. The van der Waals surface area contributed by atoms with E-state index in [0.717, 1.165) is 11.1 Å². The Hall–Kier alpha value is -2.04. The van der Waals surface area contributed by atoms with Gasteiger partial charge in [-0.1, -0.05) is 54.4 Å². The van der Waals surface area contributed by atoms with Crippen molar-refractivity contribution in [2.45, 2.75) is 31.7 Å². The minimum atomic E-state index is -0.858. The number of rotatable bonds is 4. The molecule has 0 saturated carbocycles. The Balaban J connectivity index is 2.01. The first-order valence-electron chi connectivity index (χ1n) is 8.71. The van der Waals surface area contributed by atoms with Gasteiger partial charge < -0.3 is 10.1 Å². The van der Waals surface area contributed by atoms with Crippen molar-refractivity contribution in [3.8, 4) is 0 Å². The van der Waals surface area contributed by atoms with Crippen molar-refractivity contribution in [2.24, 2.45) is 5.41 Å². The fourth-order valence-electron chi connectivity index (χ4n) is 3.69. The Morgan fingerprint density at radius 2 is 1.85 bits per heavy atom. The van der Waals surface area contributed by atoms with E-state index in [-0.39, 0.29) is 24.3 Å². The number of piperidine rings is 1. The molecule has 4 nitrogen and oxygen atoms in total. The van der Waals surface area contributed by atoms with Crippen LogP contribution in [0.4, 0.5) is 0 Å². The van der Waals surface area contributed by atoms with Crippen LogP contribution in [-0.2, 0) is 14.3 Å². The smallest absolute Gasteiger partial charge is 0.306 e. The van der Waals surface area contributed by atoms with Crippen LogP contribution in [0.5, 0.6) is 0 Å². The van der Waals surface area contributed by atoms with E-state index in [0.29, 0.717) is 16.5 Å². The van der Waals surface area contributed by atoms with Crippen LogP contribution in [-0.4, -0.2) is 19.0 Å². The van der Waals surface area contributed by atoms with Gasteiger partial charge in [0, 0.05) is 16.0 Å². The molecule has 1 heterocycles. The lowest BCUT2D eigenvalue weighted by molar-refractivity contribution is -0.149. The zero-order valence-electron chi connectivity index (χ0n) is 15.2. The van der Waals surface area contributed by atoms with E-state index in [9.17, 15) is 9.59 Å². The fourth-order valence-corrected chi connectivity index (χ4v) is 4.01. The molecule has 0 aromatic heterocycles. The predicted octanol–water partition coefficient (Wildman–Crippen LogP) is 4.91. The van der Waals surface area contributed by atoms with Gasteiger partial charge in [0.1, 0.15) is 0 Å². The predicted molar refractivity (Wildman–Crippen MR) is 106 cm³/mol. The summed E-state index contributed by atoms with van der Waals surface area (Å²) < 4.78 is 4.80. The zero-order chi connectivity index (χ0) is 19.6. The van der Waals surface area contributed by atoms with Gasteiger partial charge in [0.25, 0.3) is 0 Å². The van der Waals surface area contributed by atoms with Crippen LogP contribution in [0.2, 0.25) is 10.0 Å². The van der Waals surface area contributed by atoms with Crippen LogP contribution < -0.4 is 5.32 Å². The third kappa shape index (κ3) is 4.28. The van der Waals surface area contributed by atoms with Gasteiger partial charge in [-0.15, -0.1) is 0 Å². The molecular weight excluding hydrogens is 385 g/mol. The van der Waals surface area contributed by atoms with Crippen molar-refractivity contribution in [1.82, 2.24) is 5.32 Å². The topological polar surface area (TPSA) is 55.4 Å². The highest BCUT2D eigenvalue weighted by Crippen LogP contribution is 2.46. The summed E-state index contributed by atoms with van der Waals surface area (Å²) in [5.41, 5.74) is 1.11. The van der Waals surface area contributed by atoms with Gasteiger partial charge in [-0.05, 0) is 41.8 Å². The minimum Gasteiger partial charge on any atom is -0.469 e. The number of methoxy groups -OCH3 is 1. The van der Waals surface area contributed by atoms with Crippen LogP contribution in [0.25, 0.3) is 0 Å². The number of esters is 1. The van der Waals surface area contributed by atoms with Gasteiger partial charge >= 0.3 is 5.97 Å². The Labute approximate surface area is 168 Å². The Morgan fingerprint density at radius 3 is 2.48 bits per heavy atom. The van der Waals surface area contributed by atoms with Gasteiger partial charge in [-0.2, -0.15) is 0 Å². The van der Waals surface area contributed by atoms with Gasteiger partial charge in [0.15, 0.2) is 0 Å². The maximum absolute atomic E-state index is 12.9. The average Bonchev–Trinajstić information content (AvgIpc) is 2.64. The molecule has 3 rings (SSSR count). The average molecular weight is 406 g/mol. The van der Waals surface area contributed by atoms with Crippen LogP contribution >= 0.6 is 23.2 Å². The molecule has 1 N–H and O–H groups in total. The summed E-state index contributed by atoms with van der Waals surface area (Å²) >= 11 is 12.2. The van der Waals surface area contributed by atoms with E-state index < -0.39 is 11.4 Å². The van der Waals surface area contributed by atoms with Crippen LogP contribution in [0.3, 0.4) is 0 Å². The molecule has 2 aromatic rings. The summed E-state index contributed by atoms with van der Waals surface area (Å²) in [6.45, 7) is 1.80. The second-order valence-corrected chi connectivity index (χ2v) is 8.05. The molecule has 3 atom stereocenters. The van der Waals surface area contributed by atoms with E-state index >= 15 is 0 Å². The Kier molecular flexibility index (Phi) is 5.78. The van der Waals surface area contributed by atoms with E-state index in [4.69, 9.17) is 27.9 Å². The van der Waals surface area contributed by atoms with E-state index in [1.54, 1.807) is 19.1 Å². The Morgan fingerprint density at radius 1 is 1.15 bits per heavy atom. The summed E-state index contributed by atoms with van der Waals surface area (Å²) in [7, 11) is 1.33. The first kappa shape index (κ1) is 19.7. The zero-order valence-corrected chi connectivity index (χ0v) is 16.7. The second kappa shape index (κ2) is 7.91. The maximum atomic E-state index is 12.9. The molecule has 0 bridgehead atoms. The van der Waals surface area contributed by atoms with Crippen LogP contribution in [0.15, 0.2) is 48.5 Å². The van der Waals surface area contributed by atoms with Crippen LogP contribution in [0.1, 0.15) is 42.9 Å². The highest BCUT2D eigenvalue weighted by Gasteiger charge is 2.46. The normalized spacial score (nSPS) is 25.0. The lowest BCUT2D eigenvalue weighted by atomic mass is 9.68. The maximum Gasteiger partial charge on any atom is 0.306 e. The lowest BCUT2D eigenvalue weighted by Crippen LogP contribution is -2.50. The lowest BCUT2D eigenvalue weighted by Gasteiger charge is -2.42. The largest absolute Gasteiger partial charge is 0.469 e. The number of benzene rings is 2. The molecular formula is C21H21Cl2NO3. The van der Waals surface area contributed by atoms with Crippen molar-refractivity contribution in [3.05, 3.63) is 69.7 Å². The molecule has 1 aliphatic rings. The van der Waals surface area contributed by atoms with Crippen LogP contribution in [0, 0.1) is 5.41 Å². The molecule has 27 heavy (non-hydrogen) atoms. The third-order valence-corrected chi connectivity index (χ3v) is 5.66. The minimum absolute atomic E-state index is 0.0275. The number of carbonyl (C=O) groups is 2. The van der Waals surface area contributed by atoms with Gasteiger partial charge in [-0.3, -0.25) is 9.59 Å². The quantitative estimate of drug-likeness (QED) is 0.735. The fraction of sp³-hybridized carbons (Fsp3) is 0.333. The van der Waals surface area contributed by atoms with Gasteiger partial charge in [-0.25, -0.2) is 0 Å². The Bertz CT molecular complexity index is 853. The molecule has 1 amide bonds. The van der Waals surface area contributed by atoms with E-state index in [2.05, 4.69) is 5.32 Å². The number of hydrogen-bond donors (Lipinski definition) is 1. The third-order valence-electron chi connectivity index (χ3n) is 5.18. The standard InChI is InChI=1S/C21H21Cl2NO3/c1-21(12-18(25)27-2)11-17(14-4-3-5-16(23)10-14)19(24-20(21)26)13-6-8-15(22)9-7-13/h3-10,17,19H,11-12H2,1-2H3,(H,24,26). The molecule has 1 saturated heterocycles. The SMILES string of the molecule is COC(=O)CC1(C)CC(c2cccc(Cl)c2)C(c2ccc(Cl)cc2)NC1=O. The number of nitrogens with one attached hydrogen (secondary N) is 1. The first-order chi connectivity index (χ1) is 12.8. The highest BCUT2D eigenvalue weighted by molar-refractivity contribution is 6.30. The number of hydrogen-bond acceptors (Lipinski definition) is 3. The van der Waals surface area contributed by atoms with Gasteiger partial charge in [0.2, 0.25) is 5.91 Å². The highest BCUT2D eigenvalue weighted by atomic mass is 35.5. The van der Waals surface area contributed by atoms with Crippen molar-refractivity contribution in [1.29, 1.82) is 0 Å². The summed E-state index contributed by atoms with van der Waals surface area (Å²) in [5.74, 6) is -0.606. The number of halogens is 2. The number of amides is 1. The molecule has 0 radical (unpaired) electrons. The molecule has 0 aliphatic carbocycles. The number of ether oxygens (including phenoxy) is 1. The van der Waals surface area contributed by atoms with E-state index in [1.807, 2.05) is 36.4 Å². The van der Waals surface area contributed by atoms with Crippen molar-refractivity contribution in [2.75, 3.05) is 7.11 Å². The van der Waals surface area contributed by atoms with Crippen molar-refractivity contribution in [3.63, 3.8) is 0 Å². The summed E-state index contributed by atoms with van der Waals surface area (Å²) in [6, 6.07) is 14.8. The molecule has 6 heteroatoms. The second-order valence-electron chi connectivity index (χ2n) is 7.18. The molecule has 2 aromatic carbocycles. The molecule has 1 fully saturated rings. The summed E-state index contributed by atoms with van der Waals surface area (Å²) in [4.78, 5) is 24.8. The summed E-state index contributed by atoms with van der Waals surface area (Å²) in [5, 5.41) is 4.38. The molecule has 3 unspecified atom stereocenters. The van der Waals surface area contributed by atoms with Gasteiger partial charge in [0.05, 0.1) is 25.0 Å². The monoisotopic (exact) mass is 405 g/mol. The summed E-state index contributed by atoms with van der Waals surface area (Å²) in [6.07, 6.45) is 0.529. The molecule has 142 valence electrons. The van der Waals surface area contributed by atoms with E-state index in [1.165, 1.54) is 7.11 Å².